The number of hydrogen-bond acceptors (Lipinski definition) is 5. The summed E-state index contributed by atoms with van der Waals surface area (Å²) < 4.78 is 5.36. The Labute approximate surface area is 135 Å². The summed E-state index contributed by atoms with van der Waals surface area (Å²) in [5, 5.41) is 11.2. The number of fused-ring (bicyclic) bond motifs is 1. The molecule has 2 heterocycles. The lowest BCUT2D eigenvalue weighted by molar-refractivity contribution is 0.0410. The summed E-state index contributed by atoms with van der Waals surface area (Å²) in [6.45, 7) is 6.70. The van der Waals surface area contributed by atoms with E-state index in [1.165, 1.54) is 0 Å². The number of aryl methyl sites for hydroxylation is 1. The lowest BCUT2D eigenvalue weighted by Crippen LogP contribution is -2.37. The number of thioether (sulfide) groups is 1. The third-order valence-corrected chi connectivity index (χ3v) is 4.85. The molecule has 1 aliphatic heterocycles. The van der Waals surface area contributed by atoms with Crippen LogP contribution in [0.3, 0.4) is 0 Å². The van der Waals surface area contributed by atoms with Gasteiger partial charge in [-0.2, -0.15) is 5.26 Å². The Balaban J connectivity index is 1.74. The summed E-state index contributed by atoms with van der Waals surface area (Å²) in [6.07, 6.45) is 0. The Morgan fingerprint density at radius 2 is 2.18 bits per heavy atom. The summed E-state index contributed by atoms with van der Waals surface area (Å²) in [5.74, 6) is 0.944. The minimum Gasteiger partial charge on any atom is -0.379 e. The number of hydrogen-bond donors (Lipinski definition) is 0. The van der Waals surface area contributed by atoms with Gasteiger partial charge in [0.25, 0.3) is 0 Å². The van der Waals surface area contributed by atoms with Gasteiger partial charge in [0.2, 0.25) is 0 Å². The van der Waals surface area contributed by atoms with Crippen LogP contribution in [0.5, 0.6) is 0 Å². The number of nitriles is 1. The quantitative estimate of drug-likeness (QED) is 0.812. The molecule has 0 N–H and O–H groups in total. The molecule has 3 rings (SSSR count). The first kappa shape index (κ1) is 15.3. The van der Waals surface area contributed by atoms with Gasteiger partial charge < -0.3 is 4.74 Å². The molecule has 0 atom stereocenters. The smallest absolute Gasteiger partial charge is 0.115 e. The van der Waals surface area contributed by atoms with Gasteiger partial charge >= 0.3 is 0 Å². The van der Waals surface area contributed by atoms with Crippen molar-refractivity contribution in [2.45, 2.75) is 11.9 Å². The van der Waals surface area contributed by atoms with E-state index in [0.717, 1.165) is 60.1 Å². The fourth-order valence-corrected chi connectivity index (χ4v) is 3.57. The van der Waals surface area contributed by atoms with Crippen LogP contribution in [0, 0.1) is 18.3 Å². The van der Waals surface area contributed by atoms with E-state index in [1.54, 1.807) is 11.8 Å². The Hall–Kier alpha value is -1.61. The van der Waals surface area contributed by atoms with Gasteiger partial charge in [0.1, 0.15) is 11.1 Å². The maximum atomic E-state index is 9.36. The highest BCUT2D eigenvalue weighted by Gasteiger charge is 2.12. The maximum Gasteiger partial charge on any atom is 0.115 e. The summed E-state index contributed by atoms with van der Waals surface area (Å²) in [4.78, 5) is 7.12. The van der Waals surface area contributed by atoms with Crippen LogP contribution in [-0.4, -0.2) is 48.5 Å². The third kappa shape index (κ3) is 3.41. The Morgan fingerprint density at radius 1 is 1.36 bits per heavy atom. The van der Waals surface area contributed by atoms with E-state index in [1.807, 2.05) is 18.2 Å². The summed E-state index contributed by atoms with van der Waals surface area (Å²) in [7, 11) is 0. The number of pyridine rings is 1. The van der Waals surface area contributed by atoms with Gasteiger partial charge in [0.15, 0.2) is 0 Å². The van der Waals surface area contributed by atoms with Crippen molar-refractivity contribution in [1.29, 1.82) is 5.26 Å². The van der Waals surface area contributed by atoms with Gasteiger partial charge in [-0.15, -0.1) is 11.8 Å². The SMILES string of the molecule is Cc1cccc2cc(C#N)c(SCCN3CCOCC3)nc12. The second-order valence-corrected chi connectivity index (χ2v) is 6.49. The number of benzene rings is 1. The van der Waals surface area contributed by atoms with Crippen LogP contribution in [0.25, 0.3) is 10.9 Å². The number of nitrogens with zero attached hydrogens (tertiary/aromatic N) is 3. The van der Waals surface area contributed by atoms with Crippen LogP contribution >= 0.6 is 11.8 Å². The summed E-state index contributed by atoms with van der Waals surface area (Å²) >= 11 is 1.67. The maximum absolute atomic E-state index is 9.36. The Morgan fingerprint density at radius 3 is 2.95 bits per heavy atom. The minimum absolute atomic E-state index is 0.671. The van der Waals surface area contributed by atoms with Crippen LogP contribution in [-0.2, 0) is 4.74 Å². The molecule has 1 aliphatic rings. The molecule has 0 unspecified atom stereocenters. The predicted octanol–water partition coefficient (Wildman–Crippen LogP) is 2.84. The highest BCUT2D eigenvalue weighted by molar-refractivity contribution is 7.99. The molecule has 1 aromatic carbocycles. The van der Waals surface area contributed by atoms with Gasteiger partial charge in [-0.1, -0.05) is 18.2 Å². The van der Waals surface area contributed by atoms with E-state index in [0.29, 0.717) is 5.56 Å². The number of ether oxygens (including phenoxy) is 1. The Bertz CT molecular complexity index is 705. The molecular weight excluding hydrogens is 294 g/mol. The van der Waals surface area contributed by atoms with E-state index in [2.05, 4.69) is 24.0 Å². The van der Waals surface area contributed by atoms with Crippen LogP contribution in [0.4, 0.5) is 0 Å². The van der Waals surface area contributed by atoms with Gasteiger partial charge in [-0.25, -0.2) is 4.98 Å². The average molecular weight is 313 g/mol. The van der Waals surface area contributed by atoms with E-state index < -0.39 is 0 Å². The van der Waals surface area contributed by atoms with E-state index >= 15 is 0 Å². The van der Waals surface area contributed by atoms with Gasteiger partial charge in [-0.05, 0) is 18.6 Å². The number of aromatic nitrogens is 1. The van der Waals surface area contributed by atoms with Crippen molar-refractivity contribution in [2.24, 2.45) is 0 Å². The minimum atomic E-state index is 0.671. The topological polar surface area (TPSA) is 49.2 Å². The zero-order chi connectivity index (χ0) is 15.4. The van der Waals surface area contributed by atoms with Crippen LogP contribution in [0.1, 0.15) is 11.1 Å². The first-order valence-corrected chi connectivity index (χ1v) is 8.50. The zero-order valence-electron chi connectivity index (χ0n) is 12.7. The van der Waals surface area contributed by atoms with Crippen molar-refractivity contribution in [3.8, 4) is 6.07 Å². The summed E-state index contributed by atoms with van der Waals surface area (Å²) in [6, 6.07) is 10.3. The van der Waals surface area contributed by atoms with Crippen LogP contribution < -0.4 is 0 Å². The highest BCUT2D eigenvalue weighted by Crippen LogP contribution is 2.26. The molecule has 22 heavy (non-hydrogen) atoms. The number of rotatable bonds is 4. The first-order chi connectivity index (χ1) is 10.8. The molecule has 5 heteroatoms. The molecule has 4 nitrogen and oxygen atoms in total. The number of morpholine rings is 1. The normalized spacial score (nSPS) is 15.8. The van der Waals surface area contributed by atoms with Crippen molar-refractivity contribution >= 4 is 22.7 Å². The molecule has 0 aliphatic carbocycles. The van der Waals surface area contributed by atoms with Crippen molar-refractivity contribution in [3.63, 3.8) is 0 Å². The average Bonchev–Trinajstić information content (AvgIpc) is 2.56. The largest absolute Gasteiger partial charge is 0.379 e. The second kappa shape index (κ2) is 7.10. The third-order valence-electron chi connectivity index (χ3n) is 3.88. The van der Waals surface area contributed by atoms with E-state index in [9.17, 15) is 5.26 Å². The molecule has 0 spiro atoms. The molecule has 1 saturated heterocycles. The standard InChI is InChI=1S/C17H19N3OS/c1-13-3-2-4-14-11-15(12-18)17(19-16(13)14)22-10-7-20-5-8-21-9-6-20/h2-4,11H,5-10H2,1H3. The van der Waals surface area contributed by atoms with Crippen molar-refractivity contribution in [2.75, 3.05) is 38.6 Å². The predicted molar refractivity (Wildman–Crippen MR) is 89.2 cm³/mol. The molecule has 1 aromatic heterocycles. The molecule has 2 aromatic rings. The molecule has 0 radical (unpaired) electrons. The van der Waals surface area contributed by atoms with Crippen molar-refractivity contribution in [3.05, 3.63) is 35.4 Å². The van der Waals surface area contributed by atoms with Crippen molar-refractivity contribution < 1.29 is 4.74 Å². The van der Waals surface area contributed by atoms with Gasteiger partial charge in [-0.3, -0.25) is 4.90 Å². The fraction of sp³-hybridized carbons (Fsp3) is 0.412. The van der Waals surface area contributed by atoms with Gasteiger partial charge in [0, 0.05) is 30.8 Å². The van der Waals surface area contributed by atoms with E-state index in [4.69, 9.17) is 9.72 Å². The molecular formula is C17H19N3OS. The fourth-order valence-electron chi connectivity index (χ4n) is 2.62. The first-order valence-electron chi connectivity index (χ1n) is 7.51. The highest BCUT2D eigenvalue weighted by atomic mass is 32.2. The summed E-state index contributed by atoms with van der Waals surface area (Å²) in [5.41, 5.74) is 2.82. The molecule has 1 fully saturated rings. The zero-order valence-corrected chi connectivity index (χ0v) is 13.5. The Kier molecular flexibility index (Phi) is 4.94. The van der Waals surface area contributed by atoms with Gasteiger partial charge in [0.05, 0.1) is 24.3 Å². The molecule has 0 amide bonds. The van der Waals surface area contributed by atoms with Crippen LogP contribution in [0.15, 0.2) is 29.3 Å². The van der Waals surface area contributed by atoms with Crippen LogP contribution in [0.2, 0.25) is 0 Å². The molecule has 114 valence electrons. The molecule has 0 saturated carbocycles. The lowest BCUT2D eigenvalue weighted by Gasteiger charge is -2.26. The molecule has 0 bridgehead atoms. The second-order valence-electron chi connectivity index (χ2n) is 5.40. The number of para-hydroxylation sites is 1. The van der Waals surface area contributed by atoms with Crippen molar-refractivity contribution in [1.82, 2.24) is 9.88 Å². The van der Waals surface area contributed by atoms with E-state index in [-0.39, 0.29) is 0 Å². The monoisotopic (exact) mass is 313 g/mol. The lowest BCUT2D eigenvalue weighted by atomic mass is 10.1.